The van der Waals surface area contributed by atoms with Gasteiger partial charge in [-0.05, 0) is 13.4 Å². The van der Waals surface area contributed by atoms with E-state index in [0.29, 0.717) is 6.29 Å². The maximum Gasteiger partial charge on any atom is 0.435 e. The summed E-state index contributed by atoms with van der Waals surface area (Å²) in [4.78, 5) is 27.7. The van der Waals surface area contributed by atoms with Crippen LogP contribution < -0.4 is 0 Å². The number of hydrogen-bond donors (Lipinski definition) is 0. The zero-order valence-electron chi connectivity index (χ0n) is 6.44. The molecule has 72 valence electrons. The molecule has 0 rings (SSSR count). The molecule has 13 heavy (non-hydrogen) atoms. The van der Waals surface area contributed by atoms with E-state index in [2.05, 4.69) is 28.2 Å². The summed E-state index contributed by atoms with van der Waals surface area (Å²) in [5.74, 6) is 0. The van der Waals surface area contributed by atoms with Crippen molar-refractivity contribution in [1.29, 1.82) is 0 Å². The van der Waals surface area contributed by atoms with Gasteiger partial charge in [0.25, 0.3) is 0 Å². The Morgan fingerprint density at radius 2 is 2.08 bits per heavy atom. The number of hydrogen-bond acceptors (Lipinski definition) is 4. The predicted octanol–water partition coefficient (Wildman–Crippen LogP) is 1.62. The molecule has 7 heteroatoms. The second-order valence-corrected chi connectivity index (χ2v) is 7.50. The number of halogens is 2. The number of nitrogens with zero attached hydrogens (tertiary/aromatic N) is 2. The minimum atomic E-state index is -0.961. The van der Waals surface area contributed by atoms with Gasteiger partial charge in [0.15, 0.2) is 7.71 Å². The van der Waals surface area contributed by atoms with Gasteiger partial charge in [-0.2, -0.15) is 4.99 Å². The van der Waals surface area contributed by atoms with Gasteiger partial charge in [-0.25, -0.2) is 4.79 Å². The summed E-state index contributed by atoms with van der Waals surface area (Å²) in [6, 6.07) is 0. The van der Waals surface area contributed by atoms with Crippen LogP contribution in [0, 0.1) is 0 Å². The van der Waals surface area contributed by atoms with Crippen molar-refractivity contribution in [1.82, 2.24) is 0 Å². The largest absolute Gasteiger partial charge is 0.435 e. The number of amides is 1. The van der Waals surface area contributed by atoms with Gasteiger partial charge in [0, 0.05) is 0 Å². The molecular weight excluding hydrogens is 402 g/mol. The number of aliphatic imine (C=N–C) groups is 2. The summed E-state index contributed by atoms with van der Waals surface area (Å²) >= 11 is 3.59. The molecule has 0 saturated carbocycles. The van der Waals surface area contributed by atoms with Gasteiger partial charge in [-0.15, -0.1) is 0 Å². The third-order valence-corrected chi connectivity index (χ3v) is 2.57. The third-order valence-electron chi connectivity index (χ3n) is 0.994. The van der Waals surface area contributed by atoms with E-state index in [1.807, 2.05) is 0 Å². The van der Waals surface area contributed by atoms with Gasteiger partial charge >= 0.3 is 6.09 Å². The quantitative estimate of drug-likeness (QED) is 0.308. The number of carbonyl (C=O) groups is 2. The van der Waals surface area contributed by atoms with Crippen LogP contribution in [0.5, 0.6) is 0 Å². The van der Waals surface area contributed by atoms with Crippen LogP contribution in [0.15, 0.2) is 9.98 Å². The molecule has 0 aromatic heterocycles. The van der Waals surface area contributed by atoms with E-state index < -0.39 is 13.7 Å². The van der Waals surface area contributed by atoms with Crippen LogP contribution in [-0.4, -0.2) is 33.5 Å². The highest BCUT2D eigenvalue weighted by atomic mass is 127. The molecule has 0 aliphatic heterocycles. The lowest BCUT2D eigenvalue weighted by Gasteiger charge is -2.20. The molecule has 0 saturated heterocycles. The second kappa shape index (κ2) is 5.62. The predicted molar refractivity (Wildman–Crippen MR) is 66.2 cm³/mol. The van der Waals surface area contributed by atoms with E-state index >= 15 is 0 Å². The van der Waals surface area contributed by atoms with Gasteiger partial charge < -0.3 is 9.53 Å². The van der Waals surface area contributed by atoms with Gasteiger partial charge in [0.2, 0.25) is 6.23 Å². The Morgan fingerprint density at radius 1 is 1.54 bits per heavy atom. The molecule has 1 unspecified atom stereocenters. The summed E-state index contributed by atoms with van der Waals surface area (Å²) in [5, 5.41) is 0. The van der Waals surface area contributed by atoms with Crippen molar-refractivity contribution >= 4 is 71.0 Å². The van der Waals surface area contributed by atoms with Crippen LogP contribution in [0.2, 0.25) is 0 Å². The Kier molecular flexibility index (Phi) is 5.60. The molecule has 0 aromatic rings. The van der Waals surface area contributed by atoms with Crippen molar-refractivity contribution in [2.45, 2.75) is 7.66 Å². The molecule has 0 spiro atoms. The van der Waals surface area contributed by atoms with Crippen LogP contribution in [0.3, 0.4) is 0 Å². The van der Waals surface area contributed by atoms with Crippen molar-refractivity contribution in [3.63, 3.8) is 0 Å². The molecule has 0 heterocycles. The normalized spacial score (nSPS) is 12.8. The minimum absolute atomic E-state index is 0.615. The topological polar surface area (TPSA) is 68.1 Å². The van der Waals surface area contributed by atoms with Crippen LogP contribution in [0.25, 0.3) is 0 Å². The maximum absolute atomic E-state index is 10.7. The zero-order chi connectivity index (χ0) is 10.5. The first-order chi connectivity index (χ1) is 5.97. The van der Waals surface area contributed by atoms with E-state index in [4.69, 9.17) is 0 Å². The molecule has 0 aliphatic rings. The van der Waals surface area contributed by atoms with E-state index in [0.717, 1.165) is 0 Å². The Morgan fingerprint density at radius 3 is 2.38 bits per heavy atom. The Labute approximate surface area is 102 Å². The first-order valence-electron chi connectivity index (χ1n) is 2.95. The average Bonchev–Trinajstić information content (AvgIpc) is 2.13. The van der Waals surface area contributed by atoms with Gasteiger partial charge in [0.1, 0.15) is 0 Å². The van der Waals surface area contributed by atoms with Gasteiger partial charge in [-0.3, -0.25) is 4.99 Å². The van der Waals surface area contributed by atoms with E-state index in [9.17, 15) is 9.59 Å². The first-order valence-corrected chi connectivity index (χ1v) is 5.11. The van der Waals surface area contributed by atoms with E-state index in [1.165, 1.54) is 0 Å². The minimum Gasteiger partial charge on any atom is -0.419 e. The lowest BCUT2D eigenvalue weighted by Crippen LogP contribution is -2.33. The first kappa shape index (κ1) is 12.9. The molecular formula is C6H6I2N2O3. The van der Waals surface area contributed by atoms with Crippen LogP contribution in [0.4, 0.5) is 4.79 Å². The second-order valence-electron chi connectivity index (χ2n) is 1.87. The highest BCUT2D eigenvalue weighted by molar-refractivity contribution is 14.2. The SMILES string of the molecule is C=NC(=O)OC(N=C)C(I)(I)C=O. The van der Waals surface area contributed by atoms with Crippen molar-refractivity contribution in [2.75, 3.05) is 0 Å². The lowest BCUT2D eigenvalue weighted by molar-refractivity contribution is -0.108. The standard InChI is InChI=1S/C6H6I2N2O3/c1-9-4(6(7,8)3-11)13-5(12)10-2/h3-4H,1-2H2. The van der Waals surface area contributed by atoms with Crippen molar-refractivity contribution in [3.05, 3.63) is 0 Å². The molecule has 0 aliphatic carbocycles. The average molecular weight is 408 g/mol. The lowest BCUT2D eigenvalue weighted by atomic mass is 10.4. The fraction of sp³-hybridized carbons (Fsp3) is 0.333. The van der Waals surface area contributed by atoms with E-state index in [-0.39, 0.29) is 0 Å². The Hall–Kier alpha value is -0.0600. The number of carbonyl (C=O) groups excluding carboxylic acids is 2. The smallest absolute Gasteiger partial charge is 0.419 e. The molecule has 5 nitrogen and oxygen atoms in total. The van der Waals surface area contributed by atoms with Gasteiger partial charge in [0.05, 0.1) is 0 Å². The molecule has 0 fully saturated rings. The van der Waals surface area contributed by atoms with Crippen molar-refractivity contribution in [3.8, 4) is 0 Å². The summed E-state index contributed by atoms with van der Waals surface area (Å²) in [7, 11) is 0. The summed E-state index contributed by atoms with van der Waals surface area (Å²) in [6.07, 6.45) is -1.22. The molecule has 0 N–H and O–H groups in total. The van der Waals surface area contributed by atoms with Crippen molar-refractivity contribution < 1.29 is 14.3 Å². The fourth-order valence-corrected chi connectivity index (χ4v) is 1.08. The van der Waals surface area contributed by atoms with Crippen LogP contribution in [-0.2, 0) is 9.53 Å². The maximum atomic E-state index is 10.7. The van der Waals surface area contributed by atoms with Gasteiger partial charge in [-0.1, -0.05) is 45.2 Å². The number of ether oxygens (including phenoxy) is 1. The molecule has 0 bridgehead atoms. The van der Waals surface area contributed by atoms with Crippen molar-refractivity contribution in [2.24, 2.45) is 9.98 Å². The molecule has 0 radical (unpaired) electrons. The molecule has 0 aromatic carbocycles. The number of rotatable bonds is 4. The monoisotopic (exact) mass is 408 g/mol. The summed E-state index contributed by atoms with van der Waals surface area (Å²) in [6.45, 7) is 6.18. The zero-order valence-corrected chi connectivity index (χ0v) is 10.8. The third kappa shape index (κ3) is 4.11. The van der Waals surface area contributed by atoms with Crippen LogP contribution >= 0.6 is 45.2 Å². The highest BCUT2D eigenvalue weighted by Crippen LogP contribution is 2.31. The Bertz CT molecular complexity index is 242. The number of alkyl halides is 2. The molecule has 1 atom stereocenters. The fourth-order valence-electron chi connectivity index (χ4n) is 0.429. The summed E-state index contributed by atoms with van der Waals surface area (Å²) in [5.41, 5.74) is 0. The van der Waals surface area contributed by atoms with E-state index in [1.54, 1.807) is 45.2 Å². The summed E-state index contributed by atoms with van der Waals surface area (Å²) < 4.78 is 3.70. The molecule has 1 amide bonds. The van der Waals surface area contributed by atoms with Crippen LogP contribution in [0.1, 0.15) is 0 Å². The number of aldehydes is 1. The highest BCUT2D eigenvalue weighted by Gasteiger charge is 2.35. The Balaban J connectivity index is 4.51.